The molecule has 1 saturated heterocycles. The van der Waals surface area contributed by atoms with Gasteiger partial charge >= 0.3 is 0 Å². The number of hydrogen-bond donors (Lipinski definition) is 2. The van der Waals surface area contributed by atoms with E-state index in [0.29, 0.717) is 37.6 Å². The first kappa shape index (κ1) is 14.3. The van der Waals surface area contributed by atoms with Crippen LogP contribution in [0.15, 0.2) is 18.2 Å². The average molecular weight is 283 g/mol. The first-order valence-corrected chi connectivity index (χ1v) is 6.81. The van der Waals surface area contributed by atoms with Crippen LogP contribution in [0.2, 0.25) is 5.02 Å². The first-order chi connectivity index (χ1) is 9.07. The quantitative estimate of drug-likeness (QED) is 0.894. The maximum Gasteiger partial charge on any atom is 0.232 e. The average Bonchev–Trinajstić information content (AvgIpc) is 2.43. The Morgan fingerprint density at radius 2 is 2.16 bits per heavy atom. The minimum Gasteiger partial charge on any atom is -0.381 e. The van der Waals surface area contributed by atoms with E-state index in [4.69, 9.17) is 22.1 Å². The van der Waals surface area contributed by atoms with Crippen LogP contribution in [0.3, 0.4) is 0 Å². The van der Waals surface area contributed by atoms with E-state index in [0.717, 1.165) is 11.3 Å². The molecular weight excluding hydrogens is 264 g/mol. The summed E-state index contributed by atoms with van der Waals surface area (Å²) < 4.78 is 5.31. The van der Waals surface area contributed by atoms with Gasteiger partial charge in [-0.3, -0.25) is 4.79 Å². The van der Waals surface area contributed by atoms with Gasteiger partial charge in [-0.05, 0) is 37.5 Å². The third-order valence-electron chi connectivity index (χ3n) is 3.77. The lowest BCUT2D eigenvalue weighted by Crippen LogP contribution is -2.46. The SMILES string of the molecule is Cc1ccc(Cl)cc1NC(=O)C1(CN)CCOCC1. The highest BCUT2D eigenvalue weighted by atomic mass is 35.5. The van der Waals surface area contributed by atoms with E-state index in [1.165, 1.54) is 0 Å². The van der Waals surface area contributed by atoms with Crippen molar-refractivity contribution >= 4 is 23.2 Å². The Bertz CT molecular complexity index is 471. The Morgan fingerprint density at radius 3 is 2.79 bits per heavy atom. The summed E-state index contributed by atoms with van der Waals surface area (Å²) in [6.45, 7) is 3.44. The van der Waals surface area contributed by atoms with Gasteiger partial charge in [-0.25, -0.2) is 0 Å². The van der Waals surface area contributed by atoms with E-state index in [9.17, 15) is 4.79 Å². The van der Waals surface area contributed by atoms with E-state index in [1.807, 2.05) is 13.0 Å². The molecular formula is C14H19ClN2O2. The summed E-state index contributed by atoms with van der Waals surface area (Å²) in [5.41, 5.74) is 7.03. The number of anilines is 1. The second-order valence-corrected chi connectivity index (χ2v) is 5.45. The predicted molar refractivity (Wildman–Crippen MR) is 76.4 cm³/mol. The summed E-state index contributed by atoms with van der Waals surface area (Å²) in [7, 11) is 0. The fourth-order valence-electron chi connectivity index (χ4n) is 2.27. The van der Waals surface area contributed by atoms with Crippen molar-refractivity contribution in [1.29, 1.82) is 0 Å². The third-order valence-corrected chi connectivity index (χ3v) is 4.01. The Hall–Kier alpha value is -1.10. The number of nitrogens with two attached hydrogens (primary N) is 1. The summed E-state index contributed by atoms with van der Waals surface area (Å²) >= 11 is 5.96. The number of carbonyl (C=O) groups excluding carboxylic acids is 1. The highest BCUT2D eigenvalue weighted by Crippen LogP contribution is 2.31. The standard InChI is InChI=1S/C14H19ClN2O2/c1-10-2-3-11(15)8-12(10)17-13(18)14(9-16)4-6-19-7-5-14/h2-3,8H,4-7,9,16H2,1H3,(H,17,18). The summed E-state index contributed by atoms with van der Waals surface area (Å²) in [6.07, 6.45) is 1.32. The van der Waals surface area contributed by atoms with Gasteiger partial charge in [0.1, 0.15) is 0 Å². The highest BCUT2D eigenvalue weighted by Gasteiger charge is 2.38. The van der Waals surface area contributed by atoms with Crippen LogP contribution in [0, 0.1) is 12.3 Å². The van der Waals surface area contributed by atoms with Gasteiger partial charge in [0, 0.05) is 30.5 Å². The molecule has 1 fully saturated rings. The van der Waals surface area contributed by atoms with Crippen LogP contribution in [0.5, 0.6) is 0 Å². The Kier molecular flexibility index (Phi) is 4.45. The van der Waals surface area contributed by atoms with Crippen LogP contribution in [0.4, 0.5) is 5.69 Å². The number of nitrogens with one attached hydrogen (secondary N) is 1. The van der Waals surface area contributed by atoms with Gasteiger partial charge in [-0.2, -0.15) is 0 Å². The van der Waals surface area contributed by atoms with E-state index >= 15 is 0 Å². The molecule has 1 aliphatic heterocycles. The van der Waals surface area contributed by atoms with E-state index in [1.54, 1.807) is 12.1 Å². The van der Waals surface area contributed by atoms with Gasteiger partial charge in [-0.1, -0.05) is 17.7 Å². The molecule has 104 valence electrons. The minimum absolute atomic E-state index is 0.0383. The molecule has 0 bridgehead atoms. The van der Waals surface area contributed by atoms with Crippen molar-refractivity contribution in [3.63, 3.8) is 0 Å². The topological polar surface area (TPSA) is 64.4 Å². The number of aryl methyl sites for hydroxylation is 1. The normalized spacial score (nSPS) is 18.1. The van der Waals surface area contributed by atoms with Crippen LogP contribution < -0.4 is 11.1 Å². The summed E-state index contributed by atoms with van der Waals surface area (Å²) in [4.78, 5) is 12.5. The molecule has 0 aromatic heterocycles. The smallest absolute Gasteiger partial charge is 0.232 e. The number of halogens is 1. The summed E-state index contributed by atoms with van der Waals surface area (Å²) in [5.74, 6) is -0.0383. The first-order valence-electron chi connectivity index (χ1n) is 6.43. The molecule has 4 nitrogen and oxygen atoms in total. The van der Waals surface area contributed by atoms with Gasteiger partial charge in [-0.15, -0.1) is 0 Å². The van der Waals surface area contributed by atoms with Crippen molar-refractivity contribution in [3.8, 4) is 0 Å². The molecule has 0 atom stereocenters. The van der Waals surface area contributed by atoms with Gasteiger partial charge in [0.15, 0.2) is 0 Å². The molecule has 0 unspecified atom stereocenters. The Morgan fingerprint density at radius 1 is 1.47 bits per heavy atom. The van der Waals surface area contributed by atoms with Crippen LogP contribution in [-0.2, 0) is 9.53 Å². The molecule has 0 spiro atoms. The van der Waals surface area contributed by atoms with Gasteiger partial charge in [0.2, 0.25) is 5.91 Å². The van der Waals surface area contributed by atoms with Crippen molar-refractivity contribution in [1.82, 2.24) is 0 Å². The van der Waals surface area contributed by atoms with Crippen molar-refractivity contribution < 1.29 is 9.53 Å². The van der Waals surface area contributed by atoms with Crippen molar-refractivity contribution in [2.75, 3.05) is 25.1 Å². The Balaban J connectivity index is 2.17. The van der Waals surface area contributed by atoms with Gasteiger partial charge < -0.3 is 15.8 Å². The number of carbonyl (C=O) groups is 1. The van der Waals surface area contributed by atoms with Crippen LogP contribution >= 0.6 is 11.6 Å². The fraction of sp³-hybridized carbons (Fsp3) is 0.500. The second-order valence-electron chi connectivity index (χ2n) is 5.01. The lowest BCUT2D eigenvalue weighted by atomic mass is 9.79. The molecule has 1 aromatic rings. The zero-order chi connectivity index (χ0) is 13.9. The molecule has 2 rings (SSSR count). The molecule has 19 heavy (non-hydrogen) atoms. The maximum absolute atomic E-state index is 12.5. The third kappa shape index (κ3) is 3.08. The number of amides is 1. The number of hydrogen-bond acceptors (Lipinski definition) is 3. The van der Waals surface area contributed by atoms with Crippen LogP contribution in [0.25, 0.3) is 0 Å². The lowest BCUT2D eigenvalue weighted by Gasteiger charge is -2.34. The monoisotopic (exact) mass is 282 g/mol. The van der Waals surface area contributed by atoms with E-state index < -0.39 is 5.41 Å². The van der Waals surface area contributed by atoms with Crippen molar-refractivity contribution in [3.05, 3.63) is 28.8 Å². The molecule has 0 radical (unpaired) electrons. The van der Waals surface area contributed by atoms with E-state index in [2.05, 4.69) is 5.32 Å². The lowest BCUT2D eigenvalue weighted by molar-refractivity contribution is -0.130. The fourth-order valence-corrected chi connectivity index (χ4v) is 2.44. The molecule has 1 amide bonds. The largest absolute Gasteiger partial charge is 0.381 e. The summed E-state index contributed by atoms with van der Waals surface area (Å²) in [5, 5.41) is 3.56. The number of ether oxygens (including phenoxy) is 1. The zero-order valence-electron chi connectivity index (χ0n) is 11.0. The predicted octanol–water partition coefficient (Wildman–Crippen LogP) is 2.34. The molecule has 5 heteroatoms. The maximum atomic E-state index is 12.5. The second kappa shape index (κ2) is 5.90. The van der Waals surface area contributed by atoms with Crippen LogP contribution in [-0.4, -0.2) is 25.7 Å². The minimum atomic E-state index is -0.521. The molecule has 1 aliphatic rings. The summed E-state index contributed by atoms with van der Waals surface area (Å²) in [6, 6.07) is 5.45. The zero-order valence-corrected chi connectivity index (χ0v) is 11.8. The molecule has 0 saturated carbocycles. The highest BCUT2D eigenvalue weighted by molar-refractivity contribution is 6.31. The van der Waals surface area contributed by atoms with Crippen LogP contribution in [0.1, 0.15) is 18.4 Å². The molecule has 1 aromatic carbocycles. The Labute approximate surface area is 118 Å². The molecule has 1 heterocycles. The number of rotatable bonds is 3. The number of benzene rings is 1. The van der Waals surface area contributed by atoms with Gasteiger partial charge in [0.25, 0.3) is 0 Å². The van der Waals surface area contributed by atoms with E-state index in [-0.39, 0.29) is 5.91 Å². The van der Waals surface area contributed by atoms with Crippen molar-refractivity contribution in [2.45, 2.75) is 19.8 Å². The van der Waals surface area contributed by atoms with Crippen molar-refractivity contribution in [2.24, 2.45) is 11.1 Å². The van der Waals surface area contributed by atoms with Gasteiger partial charge in [0.05, 0.1) is 5.41 Å². The molecule has 3 N–H and O–H groups in total. The molecule has 0 aliphatic carbocycles.